The number of hydrogen-bond donors (Lipinski definition) is 0. The Bertz CT molecular complexity index is 1020. The predicted molar refractivity (Wildman–Crippen MR) is 96.5 cm³/mol. The van der Waals surface area contributed by atoms with E-state index in [0.29, 0.717) is 48.6 Å². The van der Waals surface area contributed by atoms with Crippen molar-refractivity contribution in [1.29, 1.82) is 0 Å². The van der Waals surface area contributed by atoms with E-state index >= 15 is 0 Å². The number of carbonyl (C=O) groups is 2. The number of hydrogen-bond acceptors (Lipinski definition) is 4. The lowest BCUT2D eigenvalue weighted by molar-refractivity contribution is -0.130. The Kier molecular flexibility index (Phi) is 4.31. The topological polar surface area (TPSA) is 70.8 Å². The van der Waals surface area contributed by atoms with Crippen LogP contribution in [0.25, 0.3) is 16.9 Å². The monoisotopic (exact) mass is 367 g/mol. The summed E-state index contributed by atoms with van der Waals surface area (Å²) in [5, 5.41) is 4.27. The van der Waals surface area contributed by atoms with Crippen molar-refractivity contribution in [3.05, 3.63) is 54.1 Å². The van der Waals surface area contributed by atoms with Gasteiger partial charge < -0.3 is 9.80 Å². The van der Waals surface area contributed by atoms with Crippen molar-refractivity contribution in [2.75, 3.05) is 26.2 Å². The highest BCUT2D eigenvalue weighted by Gasteiger charge is 2.26. The van der Waals surface area contributed by atoms with Crippen molar-refractivity contribution in [3.63, 3.8) is 0 Å². The summed E-state index contributed by atoms with van der Waals surface area (Å²) in [6.07, 6.45) is 3.01. The van der Waals surface area contributed by atoms with Crippen LogP contribution in [0.3, 0.4) is 0 Å². The lowest BCUT2D eigenvalue weighted by atomic mass is 10.1. The van der Waals surface area contributed by atoms with Crippen molar-refractivity contribution in [1.82, 2.24) is 24.4 Å². The lowest BCUT2D eigenvalue weighted by Gasteiger charge is -2.34. The van der Waals surface area contributed by atoms with E-state index in [1.54, 1.807) is 40.3 Å². The number of benzene rings is 1. The Morgan fingerprint density at radius 3 is 2.44 bits per heavy atom. The molecule has 1 aliphatic heterocycles. The van der Waals surface area contributed by atoms with Crippen molar-refractivity contribution in [3.8, 4) is 11.3 Å². The highest BCUT2D eigenvalue weighted by Crippen LogP contribution is 2.24. The minimum Gasteiger partial charge on any atom is -0.339 e. The summed E-state index contributed by atoms with van der Waals surface area (Å²) >= 11 is 0. The molecule has 138 valence electrons. The van der Waals surface area contributed by atoms with Crippen LogP contribution in [-0.2, 0) is 4.79 Å². The van der Waals surface area contributed by atoms with Gasteiger partial charge in [-0.25, -0.2) is 13.9 Å². The molecule has 0 atom stereocenters. The van der Waals surface area contributed by atoms with Crippen LogP contribution in [0.2, 0.25) is 0 Å². The van der Waals surface area contributed by atoms with Crippen LogP contribution >= 0.6 is 0 Å². The van der Waals surface area contributed by atoms with Gasteiger partial charge in [0.15, 0.2) is 5.65 Å². The molecule has 0 spiro atoms. The average molecular weight is 367 g/mol. The summed E-state index contributed by atoms with van der Waals surface area (Å²) in [5.74, 6) is -0.547. The molecule has 0 saturated carbocycles. The second-order valence-electron chi connectivity index (χ2n) is 6.40. The maximum Gasteiger partial charge on any atom is 0.259 e. The zero-order valence-corrected chi connectivity index (χ0v) is 14.8. The predicted octanol–water partition coefficient (Wildman–Crippen LogP) is 1.84. The molecular weight excluding hydrogens is 349 g/mol. The van der Waals surface area contributed by atoms with Crippen molar-refractivity contribution < 1.29 is 14.0 Å². The van der Waals surface area contributed by atoms with E-state index in [-0.39, 0.29) is 17.6 Å². The maximum absolute atomic E-state index is 14.2. The van der Waals surface area contributed by atoms with Crippen LogP contribution in [0, 0.1) is 5.82 Å². The van der Waals surface area contributed by atoms with Crippen molar-refractivity contribution in [2.24, 2.45) is 0 Å². The molecule has 3 aromatic rings. The van der Waals surface area contributed by atoms with E-state index in [1.165, 1.54) is 23.7 Å². The number of fused-ring (bicyclic) bond motifs is 1. The molecule has 0 bridgehead atoms. The summed E-state index contributed by atoms with van der Waals surface area (Å²) in [6.45, 7) is 3.46. The first-order valence-electron chi connectivity index (χ1n) is 8.68. The van der Waals surface area contributed by atoms with Crippen LogP contribution in [0.1, 0.15) is 17.3 Å². The van der Waals surface area contributed by atoms with Gasteiger partial charge in [-0.3, -0.25) is 9.59 Å². The van der Waals surface area contributed by atoms with Crippen molar-refractivity contribution in [2.45, 2.75) is 6.92 Å². The molecule has 0 radical (unpaired) electrons. The third kappa shape index (κ3) is 3.03. The molecular formula is C19H18FN5O2. The first kappa shape index (κ1) is 17.1. The van der Waals surface area contributed by atoms with Gasteiger partial charge in [-0.1, -0.05) is 12.1 Å². The number of rotatable bonds is 2. The highest BCUT2D eigenvalue weighted by molar-refractivity contribution is 6.00. The molecule has 2 aromatic heterocycles. The first-order chi connectivity index (χ1) is 13.1. The van der Waals surface area contributed by atoms with Crippen LogP contribution in [0.4, 0.5) is 4.39 Å². The third-order valence-electron chi connectivity index (χ3n) is 4.79. The average Bonchev–Trinajstić information content (AvgIpc) is 3.12. The Hall–Kier alpha value is -3.29. The van der Waals surface area contributed by atoms with E-state index in [9.17, 15) is 14.0 Å². The van der Waals surface area contributed by atoms with Gasteiger partial charge in [0, 0.05) is 44.9 Å². The van der Waals surface area contributed by atoms with Crippen molar-refractivity contribution >= 4 is 17.5 Å². The molecule has 4 rings (SSSR count). The van der Waals surface area contributed by atoms with Crippen LogP contribution in [0.15, 0.2) is 42.7 Å². The third-order valence-corrected chi connectivity index (χ3v) is 4.79. The Morgan fingerprint density at radius 1 is 1.04 bits per heavy atom. The van der Waals surface area contributed by atoms with Gasteiger partial charge in [-0.15, -0.1) is 0 Å². The molecule has 0 unspecified atom stereocenters. The largest absolute Gasteiger partial charge is 0.339 e. The Morgan fingerprint density at radius 2 is 1.74 bits per heavy atom. The normalized spacial score (nSPS) is 14.6. The van der Waals surface area contributed by atoms with E-state index in [0.717, 1.165) is 0 Å². The molecule has 7 nitrogen and oxygen atoms in total. The summed E-state index contributed by atoms with van der Waals surface area (Å²) < 4.78 is 15.7. The Labute approximate surface area is 155 Å². The molecule has 27 heavy (non-hydrogen) atoms. The fraction of sp³-hybridized carbons (Fsp3) is 0.263. The van der Waals surface area contributed by atoms with Gasteiger partial charge in [-0.05, 0) is 18.2 Å². The Balaban J connectivity index is 1.67. The van der Waals surface area contributed by atoms with E-state index in [1.807, 2.05) is 0 Å². The maximum atomic E-state index is 14.2. The molecule has 1 fully saturated rings. The molecule has 3 heterocycles. The zero-order chi connectivity index (χ0) is 19.0. The van der Waals surface area contributed by atoms with Crippen LogP contribution in [-0.4, -0.2) is 62.4 Å². The van der Waals surface area contributed by atoms with Gasteiger partial charge in [-0.2, -0.15) is 5.10 Å². The molecule has 0 aliphatic carbocycles. The standard InChI is InChI=1S/C19H18FN5O2/c1-13(26)23-8-10-24(11-9-23)19(27)15-12-22-25-17(6-7-21-18(15)25)14-4-2-3-5-16(14)20/h2-7,12H,8-11H2,1H3. The number of aromatic nitrogens is 3. The van der Waals surface area contributed by atoms with Gasteiger partial charge in [0.1, 0.15) is 11.4 Å². The number of piperazine rings is 1. The van der Waals surface area contributed by atoms with Gasteiger partial charge in [0.05, 0.1) is 11.9 Å². The number of halogens is 1. The molecule has 2 amide bonds. The van der Waals surface area contributed by atoms with Crippen LogP contribution < -0.4 is 0 Å². The fourth-order valence-electron chi connectivity index (χ4n) is 3.31. The quantitative estimate of drug-likeness (QED) is 0.693. The summed E-state index contributed by atoms with van der Waals surface area (Å²) in [6, 6.07) is 8.07. The van der Waals surface area contributed by atoms with E-state index in [4.69, 9.17) is 0 Å². The second kappa shape index (κ2) is 6.79. The minimum absolute atomic E-state index is 0.00859. The van der Waals surface area contributed by atoms with E-state index < -0.39 is 0 Å². The smallest absolute Gasteiger partial charge is 0.259 e. The zero-order valence-electron chi connectivity index (χ0n) is 14.8. The molecule has 1 aromatic carbocycles. The number of amides is 2. The first-order valence-corrected chi connectivity index (χ1v) is 8.68. The summed E-state index contributed by atoms with van der Waals surface area (Å²) in [4.78, 5) is 32.1. The summed E-state index contributed by atoms with van der Waals surface area (Å²) in [5.41, 5.74) is 1.67. The van der Waals surface area contributed by atoms with Gasteiger partial charge in [0.25, 0.3) is 5.91 Å². The molecule has 1 saturated heterocycles. The second-order valence-corrected chi connectivity index (χ2v) is 6.40. The highest BCUT2D eigenvalue weighted by atomic mass is 19.1. The SMILES string of the molecule is CC(=O)N1CCN(C(=O)c2cnn3c(-c4ccccc4F)ccnc23)CC1. The molecule has 8 heteroatoms. The summed E-state index contributed by atoms with van der Waals surface area (Å²) in [7, 11) is 0. The molecule has 0 N–H and O–H groups in total. The molecule has 1 aliphatic rings. The van der Waals surface area contributed by atoms with E-state index in [2.05, 4.69) is 10.1 Å². The van der Waals surface area contributed by atoms with Gasteiger partial charge >= 0.3 is 0 Å². The minimum atomic E-state index is -0.367. The van der Waals surface area contributed by atoms with Gasteiger partial charge in [0.2, 0.25) is 5.91 Å². The number of carbonyl (C=O) groups excluding carboxylic acids is 2. The van der Waals surface area contributed by atoms with Crippen LogP contribution in [0.5, 0.6) is 0 Å². The fourth-order valence-corrected chi connectivity index (χ4v) is 3.31. The lowest BCUT2D eigenvalue weighted by Crippen LogP contribution is -2.50. The number of nitrogens with zero attached hydrogens (tertiary/aromatic N) is 5.